The first-order valence-corrected chi connectivity index (χ1v) is 11.2. The van der Waals surface area contributed by atoms with Crippen molar-refractivity contribution in [1.82, 2.24) is 25.6 Å². The van der Waals surface area contributed by atoms with Crippen LogP contribution in [0.15, 0.2) is 60.9 Å². The summed E-state index contributed by atoms with van der Waals surface area (Å²) < 4.78 is 12.5. The van der Waals surface area contributed by atoms with Crippen LogP contribution in [0.3, 0.4) is 0 Å². The molecule has 178 valence electrons. The number of rotatable bonds is 6. The van der Waals surface area contributed by atoms with E-state index in [-0.39, 0.29) is 17.7 Å². The molecule has 2 aromatic carbocycles. The Hall–Kier alpha value is -4.40. The van der Waals surface area contributed by atoms with E-state index in [0.29, 0.717) is 33.7 Å². The fraction of sp³-hybridized carbons (Fsp3) is 0.231. The topological polar surface area (TPSA) is 107 Å². The normalized spacial score (nSPS) is 16.5. The number of fused-ring (bicyclic) bond motifs is 1. The van der Waals surface area contributed by atoms with Gasteiger partial charge in [-0.3, -0.25) is 25.1 Å². The zero-order valence-corrected chi connectivity index (χ0v) is 19.6. The predicted octanol–water partition coefficient (Wildman–Crippen LogP) is 3.22. The maximum Gasteiger partial charge on any atom is 0.270 e. The molecule has 0 saturated heterocycles. The molecule has 2 atom stereocenters. The van der Waals surface area contributed by atoms with Crippen LogP contribution in [0.1, 0.15) is 28.3 Å². The van der Waals surface area contributed by atoms with E-state index in [1.807, 2.05) is 49.6 Å². The van der Waals surface area contributed by atoms with E-state index in [9.17, 15) is 9.59 Å². The van der Waals surface area contributed by atoms with Crippen LogP contribution in [-0.4, -0.2) is 40.8 Å². The van der Waals surface area contributed by atoms with E-state index in [1.165, 1.54) is 0 Å². The Morgan fingerprint density at radius 3 is 2.57 bits per heavy atom. The fourth-order valence-electron chi connectivity index (χ4n) is 4.27. The smallest absolute Gasteiger partial charge is 0.270 e. The van der Waals surface area contributed by atoms with Crippen LogP contribution in [0.4, 0.5) is 0 Å². The number of hydrogen-bond donors (Lipinski definition) is 2. The second-order valence-electron chi connectivity index (χ2n) is 8.48. The van der Waals surface area contributed by atoms with Gasteiger partial charge in [-0.15, -0.1) is 0 Å². The van der Waals surface area contributed by atoms with Crippen molar-refractivity contribution < 1.29 is 19.1 Å². The highest BCUT2D eigenvalue weighted by atomic mass is 16.5. The summed E-state index contributed by atoms with van der Waals surface area (Å²) in [7, 11) is 4.98. The van der Waals surface area contributed by atoms with E-state index in [1.54, 1.807) is 37.2 Å². The number of para-hydroxylation sites is 1. The number of methoxy groups -OCH3 is 2. The molecule has 5 rings (SSSR count). The third-order valence-electron chi connectivity index (χ3n) is 6.22. The van der Waals surface area contributed by atoms with Gasteiger partial charge in [0.2, 0.25) is 5.91 Å². The van der Waals surface area contributed by atoms with E-state index >= 15 is 0 Å². The molecule has 4 aromatic rings. The molecule has 1 fully saturated rings. The molecule has 1 saturated carbocycles. The average molecular weight is 472 g/mol. The van der Waals surface area contributed by atoms with Crippen molar-refractivity contribution in [3.8, 4) is 22.8 Å². The lowest BCUT2D eigenvalue weighted by Gasteiger charge is -2.13. The predicted molar refractivity (Wildman–Crippen MR) is 130 cm³/mol. The molecule has 2 unspecified atom stereocenters. The van der Waals surface area contributed by atoms with Gasteiger partial charge in [-0.05, 0) is 48.2 Å². The summed E-state index contributed by atoms with van der Waals surface area (Å²) in [4.78, 5) is 30.5. The number of aromatic nitrogens is 3. The Morgan fingerprint density at radius 2 is 1.83 bits per heavy atom. The SMILES string of the molecule is COc1ccc(-c2cc(C(=O)NNC(=O)C3CC3c3cnn(C)c3)c3ccccc3n2)cc1OC. The number of hydrazine groups is 1. The summed E-state index contributed by atoms with van der Waals surface area (Å²) in [5.41, 5.74) is 8.62. The second kappa shape index (κ2) is 9.09. The summed E-state index contributed by atoms with van der Waals surface area (Å²) in [5, 5.41) is 4.85. The lowest BCUT2D eigenvalue weighted by atomic mass is 10.0. The molecule has 2 N–H and O–H groups in total. The first-order valence-electron chi connectivity index (χ1n) is 11.2. The molecule has 2 heterocycles. The van der Waals surface area contributed by atoms with Crippen LogP contribution >= 0.6 is 0 Å². The van der Waals surface area contributed by atoms with Crippen molar-refractivity contribution in [3.63, 3.8) is 0 Å². The van der Waals surface area contributed by atoms with Gasteiger partial charge >= 0.3 is 0 Å². The highest BCUT2D eigenvalue weighted by Crippen LogP contribution is 2.47. The average Bonchev–Trinajstić information content (AvgIpc) is 3.58. The van der Waals surface area contributed by atoms with Crippen molar-refractivity contribution in [1.29, 1.82) is 0 Å². The molecule has 9 heteroatoms. The number of pyridine rings is 1. The van der Waals surface area contributed by atoms with Gasteiger partial charge in [0.1, 0.15) is 0 Å². The third-order valence-corrected chi connectivity index (χ3v) is 6.22. The zero-order valence-electron chi connectivity index (χ0n) is 19.6. The number of ether oxygens (including phenoxy) is 2. The summed E-state index contributed by atoms with van der Waals surface area (Å²) >= 11 is 0. The van der Waals surface area contributed by atoms with Gasteiger partial charge in [-0.1, -0.05) is 18.2 Å². The Morgan fingerprint density at radius 1 is 1.03 bits per heavy atom. The molecule has 0 radical (unpaired) electrons. The van der Waals surface area contributed by atoms with Crippen molar-refractivity contribution in [3.05, 3.63) is 72.1 Å². The van der Waals surface area contributed by atoms with Crippen LogP contribution in [0.2, 0.25) is 0 Å². The van der Waals surface area contributed by atoms with Crippen LogP contribution in [0.5, 0.6) is 11.5 Å². The fourth-order valence-corrected chi connectivity index (χ4v) is 4.27. The Balaban J connectivity index is 1.37. The molecule has 35 heavy (non-hydrogen) atoms. The zero-order chi connectivity index (χ0) is 24.5. The second-order valence-corrected chi connectivity index (χ2v) is 8.48. The maximum absolute atomic E-state index is 13.2. The third kappa shape index (κ3) is 4.40. The van der Waals surface area contributed by atoms with Gasteiger partial charge in [0.05, 0.1) is 37.2 Å². The molecule has 2 aromatic heterocycles. The number of nitrogens with zero attached hydrogens (tertiary/aromatic N) is 3. The quantitative estimate of drug-likeness (QED) is 0.418. The van der Waals surface area contributed by atoms with Crippen molar-refractivity contribution in [2.24, 2.45) is 13.0 Å². The molecule has 0 aliphatic heterocycles. The molecule has 9 nitrogen and oxygen atoms in total. The van der Waals surface area contributed by atoms with E-state index in [4.69, 9.17) is 14.5 Å². The van der Waals surface area contributed by atoms with Crippen molar-refractivity contribution in [2.75, 3.05) is 14.2 Å². The van der Waals surface area contributed by atoms with Gasteiger partial charge in [0, 0.05) is 30.1 Å². The van der Waals surface area contributed by atoms with Crippen molar-refractivity contribution >= 4 is 22.7 Å². The van der Waals surface area contributed by atoms with Gasteiger partial charge in [0.15, 0.2) is 11.5 Å². The summed E-state index contributed by atoms with van der Waals surface area (Å²) in [5.74, 6) is 0.464. The Bertz CT molecular complexity index is 1430. The minimum atomic E-state index is -0.419. The number of aryl methyl sites for hydroxylation is 1. The molecule has 0 spiro atoms. The van der Waals surface area contributed by atoms with E-state index < -0.39 is 5.91 Å². The summed E-state index contributed by atoms with van der Waals surface area (Å²) in [6.45, 7) is 0. The summed E-state index contributed by atoms with van der Waals surface area (Å²) in [6, 6.07) is 14.5. The number of carbonyl (C=O) groups excluding carboxylic acids is 2. The van der Waals surface area contributed by atoms with Gasteiger partial charge in [-0.2, -0.15) is 5.10 Å². The lowest BCUT2D eigenvalue weighted by Crippen LogP contribution is -2.42. The minimum absolute atomic E-state index is 0.124. The number of hydrogen-bond acceptors (Lipinski definition) is 6. The molecule has 1 aliphatic carbocycles. The molecule has 2 amide bonds. The van der Waals surface area contributed by atoms with Crippen LogP contribution < -0.4 is 20.3 Å². The number of carbonyl (C=O) groups is 2. The molecular weight excluding hydrogens is 446 g/mol. The van der Waals surface area contributed by atoms with Crippen LogP contribution in [-0.2, 0) is 11.8 Å². The maximum atomic E-state index is 13.2. The monoisotopic (exact) mass is 471 g/mol. The first-order chi connectivity index (χ1) is 17.0. The Labute approximate surface area is 202 Å². The van der Waals surface area contributed by atoms with Crippen molar-refractivity contribution in [2.45, 2.75) is 12.3 Å². The highest BCUT2D eigenvalue weighted by molar-refractivity contribution is 6.07. The number of benzene rings is 2. The largest absolute Gasteiger partial charge is 0.493 e. The van der Waals surface area contributed by atoms with Crippen LogP contribution in [0, 0.1) is 5.92 Å². The molecule has 1 aliphatic rings. The van der Waals surface area contributed by atoms with Gasteiger partial charge in [-0.25, -0.2) is 4.98 Å². The highest BCUT2D eigenvalue weighted by Gasteiger charge is 2.44. The van der Waals surface area contributed by atoms with E-state index in [0.717, 1.165) is 17.5 Å². The lowest BCUT2D eigenvalue weighted by molar-refractivity contribution is -0.123. The standard InChI is InChI=1S/C26H25N5O4/c1-31-14-16(13-27-31)18-11-19(18)25(32)29-30-26(33)20-12-22(28-21-7-5-4-6-17(20)21)15-8-9-23(34-2)24(10-15)35-3/h4-10,12-14,18-19H,11H2,1-3H3,(H,29,32)(H,30,33). The number of amides is 2. The van der Waals surface area contributed by atoms with Gasteiger partial charge in [0.25, 0.3) is 5.91 Å². The first kappa shape index (κ1) is 22.4. The number of nitrogens with one attached hydrogen (secondary N) is 2. The molecule has 0 bridgehead atoms. The van der Waals surface area contributed by atoms with E-state index in [2.05, 4.69) is 16.0 Å². The van der Waals surface area contributed by atoms with Crippen LogP contribution in [0.25, 0.3) is 22.2 Å². The van der Waals surface area contributed by atoms with Gasteiger partial charge < -0.3 is 9.47 Å². The Kier molecular flexibility index (Phi) is 5.82. The minimum Gasteiger partial charge on any atom is -0.493 e. The molecular formula is C26H25N5O4. The summed E-state index contributed by atoms with van der Waals surface area (Å²) in [6.07, 6.45) is 4.42.